The fourth-order valence-electron chi connectivity index (χ4n) is 2.36. The van der Waals surface area contributed by atoms with Crippen molar-refractivity contribution in [3.05, 3.63) is 29.6 Å². The monoisotopic (exact) mass is 237 g/mol. The molecule has 2 atom stereocenters. The van der Waals surface area contributed by atoms with Gasteiger partial charge in [-0.05, 0) is 43.0 Å². The van der Waals surface area contributed by atoms with Gasteiger partial charge in [0.05, 0.1) is 13.5 Å². The number of rotatable bonds is 2. The van der Waals surface area contributed by atoms with Crippen LogP contribution in [0.5, 0.6) is 0 Å². The number of halogens is 1. The molecular weight excluding hydrogens is 221 g/mol. The van der Waals surface area contributed by atoms with Gasteiger partial charge in [0.15, 0.2) is 0 Å². The van der Waals surface area contributed by atoms with E-state index < -0.39 is 0 Å². The summed E-state index contributed by atoms with van der Waals surface area (Å²) >= 11 is 0. The second-order valence-electron chi connectivity index (χ2n) is 4.49. The summed E-state index contributed by atoms with van der Waals surface area (Å²) in [6.07, 6.45) is 1.12. The first-order valence-electron chi connectivity index (χ1n) is 5.73. The average Bonchev–Trinajstić information content (AvgIpc) is 2.29. The predicted octanol–water partition coefficient (Wildman–Crippen LogP) is 2.68. The number of hydrogen-bond donors (Lipinski definition) is 1. The highest BCUT2D eigenvalue weighted by molar-refractivity contribution is 5.71. The Hall–Kier alpha value is -1.58. The summed E-state index contributed by atoms with van der Waals surface area (Å²) in [5, 5.41) is 3.29. The number of carbonyl (C=O) groups is 1. The van der Waals surface area contributed by atoms with E-state index in [0.29, 0.717) is 6.42 Å². The maximum Gasteiger partial charge on any atom is 0.306 e. The van der Waals surface area contributed by atoms with Gasteiger partial charge in [0, 0.05) is 11.7 Å². The van der Waals surface area contributed by atoms with Crippen LogP contribution in [0.25, 0.3) is 0 Å². The van der Waals surface area contributed by atoms with E-state index >= 15 is 0 Å². The SMILES string of the molecule is COC(=O)CC1CC(C)Nc2ccc(F)cc21. The Morgan fingerprint density at radius 2 is 2.35 bits per heavy atom. The van der Waals surface area contributed by atoms with Gasteiger partial charge in [-0.3, -0.25) is 4.79 Å². The Morgan fingerprint density at radius 1 is 1.59 bits per heavy atom. The molecule has 4 heteroatoms. The molecule has 3 nitrogen and oxygen atoms in total. The predicted molar refractivity (Wildman–Crippen MR) is 63.5 cm³/mol. The smallest absolute Gasteiger partial charge is 0.306 e. The molecule has 92 valence electrons. The van der Waals surface area contributed by atoms with Crippen molar-refractivity contribution in [3.8, 4) is 0 Å². The first-order chi connectivity index (χ1) is 8.10. The van der Waals surface area contributed by atoms with Crippen LogP contribution in [0.3, 0.4) is 0 Å². The zero-order valence-corrected chi connectivity index (χ0v) is 10.00. The third kappa shape index (κ3) is 2.57. The van der Waals surface area contributed by atoms with E-state index in [1.54, 1.807) is 6.07 Å². The highest BCUT2D eigenvalue weighted by atomic mass is 19.1. The molecule has 1 aliphatic heterocycles. The minimum atomic E-state index is -0.269. The molecule has 1 aliphatic rings. The van der Waals surface area contributed by atoms with Crippen LogP contribution in [0.15, 0.2) is 18.2 Å². The molecule has 2 unspecified atom stereocenters. The molecule has 1 aromatic rings. The number of hydrogen-bond acceptors (Lipinski definition) is 3. The largest absolute Gasteiger partial charge is 0.469 e. The van der Waals surface area contributed by atoms with Crippen molar-refractivity contribution in [2.45, 2.75) is 31.7 Å². The molecular formula is C13H16FNO2. The second-order valence-corrected chi connectivity index (χ2v) is 4.49. The second kappa shape index (κ2) is 4.73. The number of esters is 1. The summed E-state index contributed by atoms with van der Waals surface area (Å²) in [7, 11) is 1.37. The standard InChI is InChI=1S/C13H16FNO2/c1-8-5-9(6-13(16)17-2)11-7-10(14)3-4-12(11)15-8/h3-4,7-9,15H,5-6H2,1-2H3. The number of benzene rings is 1. The third-order valence-electron chi connectivity index (χ3n) is 3.13. The van der Waals surface area contributed by atoms with Crippen molar-refractivity contribution >= 4 is 11.7 Å². The van der Waals surface area contributed by atoms with E-state index in [2.05, 4.69) is 17.0 Å². The summed E-state index contributed by atoms with van der Waals surface area (Å²) in [5.41, 5.74) is 1.78. The van der Waals surface area contributed by atoms with Crippen molar-refractivity contribution in [1.82, 2.24) is 0 Å². The molecule has 0 bridgehead atoms. The highest BCUT2D eigenvalue weighted by Crippen LogP contribution is 2.36. The minimum Gasteiger partial charge on any atom is -0.469 e. The lowest BCUT2D eigenvalue weighted by Gasteiger charge is -2.30. The zero-order chi connectivity index (χ0) is 12.4. The lowest BCUT2D eigenvalue weighted by atomic mass is 9.85. The summed E-state index contributed by atoms with van der Waals surface area (Å²) in [4.78, 5) is 11.3. The number of fused-ring (bicyclic) bond motifs is 1. The third-order valence-corrected chi connectivity index (χ3v) is 3.13. The van der Waals surface area contributed by atoms with Crippen LogP contribution >= 0.6 is 0 Å². The van der Waals surface area contributed by atoms with Crippen molar-refractivity contribution in [2.75, 3.05) is 12.4 Å². The Morgan fingerprint density at radius 3 is 3.06 bits per heavy atom. The lowest BCUT2D eigenvalue weighted by molar-refractivity contribution is -0.141. The van der Waals surface area contributed by atoms with Crippen molar-refractivity contribution < 1.29 is 13.9 Å². The summed E-state index contributed by atoms with van der Waals surface area (Å²) < 4.78 is 17.9. The number of ether oxygens (including phenoxy) is 1. The molecule has 1 heterocycles. The Balaban J connectivity index is 2.29. The molecule has 0 aromatic heterocycles. The van der Waals surface area contributed by atoms with Gasteiger partial charge >= 0.3 is 5.97 Å². The van der Waals surface area contributed by atoms with E-state index in [-0.39, 0.29) is 23.7 Å². The fraction of sp³-hybridized carbons (Fsp3) is 0.462. The molecule has 0 saturated carbocycles. The summed E-state index contributed by atoms with van der Waals surface area (Å²) in [5.74, 6) is -0.487. The van der Waals surface area contributed by atoms with Gasteiger partial charge in [-0.2, -0.15) is 0 Å². The summed E-state index contributed by atoms with van der Waals surface area (Å²) in [6, 6.07) is 4.94. The average molecular weight is 237 g/mol. The first kappa shape index (κ1) is 11.9. The van der Waals surface area contributed by atoms with Gasteiger partial charge in [-0.25, -0.2) is 4.39 Å². The van der Waals surface area contributed by atoms with Crippen LogP contribution in [0, 0.1) is 5.82 Å². The van der Waals surface area contributed by atoms with E-state index in [4.69, 9.17) is 0 Å². The quantitative estimate of drug-likeness (QED) is 0.804. The molecule has 0 amide bonds. The normalized spacial score (nSPS) is 22.5. The van der Waals surface area contributed by atoms with Gasteiger partial charge in [0.2, 0.25) is 0 Å². The highest BCUT2D eigenvalue weighted by Gasteiger charge is 2.26. The van der Waals surface area contributed by atoms with Gasteiger partial charge in [-0.15, -0.1) is 0 Å². The molecule has 1 aromatic carbocycles. The molecule has 17 heavy (non-hydrogen) atoms. The molecule has 0 fully saturated rings. The Bertz CT molecular complexity index is 433. The number of nitrogens with one attached hydrogen (secondary N) is 1. The van der Waals surface area contributed by atoms with E-state index in [1.807, 2.05) is 0 Å². The van der Waals surface area contributed by atoms with Crippen LogP contribution < -0.4 is 5.32 Å². The maximum atomic E-state index is 13.2. The van der Waals surface area contributed by atoms with Crippen LogP contribution in [-0.2, 0) is 9.53 Å². The topological polar surface area (TPSA) is 38.3 Å². The number of carbonyl (C=O) groups excluding carboxylic acids is 1. The van der Waals surface area contributed by atoms with E-state index in [9.17, 15) is 9.18 Å². The molecule has 0 saturated heterocycles. The van der Waals surface area contributed by atoms with Crippen LogP contribution in [0.1, 0.15) is 31.2 Å². The summed E-state index contributed by atoms with van der Waals surface area (Å²) in [6.45, 7) is 2.05. The molecule has 1 N–H and O–H groups in total. The van der Waals surface area contributed by atoms with Gasteiger partial charge in [0.25, 0.3) is 0 Å². The minimum absolute atomic E-state index is 0.0319. The number of anilines is 1. The van der Waals surface area contributed by atoms with Gasteiger partial charge in [0.1, 0.15) is 5.82 Å². The van der Waals surface area contributed by atoms with E-state index in [0.717, 1.165) is 17.7 Å². The van der Waals surface area contributed by atoms with Gasteiger partial charge < -0.3 is 10.1 Å². The lowest BCUT2D eigenvalue weighted by Crippen LogP contribution is -2.27. The van der Waals surface area contributed by atoms with Crippen LogP contribution in [0.2, 0.25) is 0 Å². The maximum absolute atomic E-state index is 13.2. The van der Waals surface area contributed by atoms with Crippen LogP contribution in [-0.4, -0.2) is 19.1 Å². The van der Waals surface area contributed by atoms with Crippen molar-refractivity contribution in [3.63, 3.8) is 0 Å². The van der Waals surface area contributed by atoms with Crippen LogP contribution in [0.4, 0.5) is 10.1 Å². The Labute approximate surface area is 100.0 Å². The first-order valence-corrected chi connectivity index (χ1v) is 5.73. The molecule has 0 radical (unpaired) electrons. The van der Waals surface area contributed by atoms with E-state index in [1.165, 1.54) is 19.2 Å². The molecule has 0 spiro atoms. The fourth-order valence-corrected chi connectivity index (χ4v) is 2.36. The Kier molecular flexibility index (Phi) is 3.31. The molecule has 0 aliphatic carbocycles. The van der Waals surface area contributed by atoms with Crippen molar-refractivity contribution in [2.24, 2.45) is 0 Å². The zero-order valence-electron chi connectivity index (χ0n) is 10.00. The number of methoxy groups -OCH3 is 1. The van der Waals surface area contributed by atoms with Crippen molar-refractivity contribution in [1.29, 1.82) is 0 Å². The van der Waals surface area contributed by atoms with Gasteiger partial charge in [-0.1, -0.05) is 0 Å². The molecule has 2 rings (SSSR count).